The van der Waals surface area contributed by atoms with E-state index < -0.39 is 11.7 Å². The lowest BCUT2D eigenvalue weighted by molar-refractivity contribution is -0.138. The third kappa shape index (κ3) is 5.90. The van der Waals surface area contributed by atoms with Crippen molar-refractivity contribution < 1.29 is 17.9 Å². The minimum absolute atomic E-state index is 0.216. The highest BCUT2D eigenvalue weighted by Gasteiger charge is 2.32. The van der Waals surface area contributed by atoms with Crippen LogP contribution in [0.25, 0.3) is 0 Å². The minimum atomic E-state index is -4.30. The number of benzene rings is 1. The van der Waals surface area contributed by atoms with Crippen molar-refractivity contribution in [2.24, 2.45) is 0 Å². The van der Waals surface area contributed by atoms with Gasteiger partial charge in [-0.1, -0.05) is 18.2 Å². The maximum atomic E-state index is 12.8. The molecule has 0 atom stereocenters. The van der Waals surface area contributed by atoms with Crippen LogP contribution in [0, 0.1) is 0 Å². The molecule has 0 aromatic heterocycles. The molecule has 0 aliphatic rings. The van der Waals surface area contributed by atoms with Crippen LogP contribution >= 0.6 is 0 Å². The summed E-state index contributed by atoms with van der Waals surface area (Å²) in [7, 11) is 3.59. The second-order valence-corrected chi connectivity index (χ2v) is 4.63. The SMILES string of the molecule is COCCN(C)CCNCc1ccccc1C(F)(F)F. The summed E-state index contributed by atoms with van der Waals surface area (Å²) in [5.74, 6) is 0. The fourth-order valence-corrected chi connectivity index (χ4v) is 1.80. The van der Waals surface area contributed by atoms with E-state index in [1.54, 1.807) is 13.2 Å². The second-order valence-electron chi connectivity index (χ2n) is 4.63. The summed E-state index contributed by atoms with van der Waals surface area (Å²) in [6.07, 6.45) is -4.30. The lowest BCUT2D eigenvalue weighted by Gasteiger charge is -2.17. The van der Waals surface area contributed by atoms with Crippen molar-refractivity contribution in [3.05, 3.63) is 35.4 Å². The third-order valence-electron chi connectivity index (χ3n) is 2.99. The van der Waals surface area contributed by atoms with Crippen molar-refractivity contribution in [1.82, 2.24) is 10.2 Å². The first kappa shape index (κ1) is 16.9. The number of hydrogen-bond acceptors (Lipinski definition) is 3. The number of nitrogens with one attached hydrogen (secondary N) is 1. The van der Waals surface area contributed by atoms with Gasteiger partial charge in [0.05, 0.1) is 12.2 Å². The molecular weight excluding hydrogens is 269 g/mol. The summed E-state index contributed by atoms with van der Waals surface area (Å²) in [6.45, 7) is 3.06. The molecule has 114 valence electrons. The van der Waals surface area contributed by atoms with Crippen LogP contribution in [0.2, 0.25) is 0 Å². The summed E-state index contributed by atoms with van der Waals surface area (Å²) in [6, 6.07) is 5.65. The second kappa shape index (κ2) is 8.24. The standard InChI is InChI=1S/C14H21F3N2O/c1-19(9-10-20-2)8-7-18-11-12-5-3-4-6-13(12)14(15,16)17/h3-6,18H,7-11H2,1-2H3. The maximum absolute atomic E-state index is 12.8. The number of nitrogens with zero attached hydrogens (tertiary/aromatic N) is 1. The van der Waals surface area contributed by atoms with Gasteiger partial charge in [0.1, 0.15) is 0 Å². The smallest absolute Gasteiger partial charge is 0.383 e. The molecule has 1 N–H and O–H groups in total. The van der Waals surface area contributed by atoms with E-state index in [-0.39, 0.29) is 12.1 Å². The van der Waals surface area contributed by atoms with Gasteiger partial charge in [0.25, 0.3) is 0 Å². The third-order valence-corrected chi connectivity index (χ3v) is 2.99. The maximum Gasteiger partial charge on any atom is 0.416 e. The number of hydrogen-bond donors (Lipinski definition) is 1. The molecule has 3 nitrogen and oxygen atoms in total. The van der Waals surface area contributed by atoms with E-state index in [1.807, 2.05) is 7.05 Å². The molecule has 1 aromatic rings. The molecule has 0 radical (unpaired) electrons. The quantitative estimate of drug-likeness (QED) is 0.744. The van der Waals surface area contributed by atoms with Gasteiger partial charge in [-0.3, -0.25) is 0 Å². The largest absolute Gasteiger partial charge is 0.416 e. The predicted molar refractivity (Wildman–Crippen MR) is 72.5 cm³/mol. The van der Waals surface area contributed by atoms with Crippen LogP contribution in [0.3, 0.4) is 0 Å². The molecule has 0 heterocycles. The monoisotopic (exact) mass is 290 g/mol. The van der Waals surface area contributed by atoms with Crippen LogP contribution < -0.4 is 5.32 Å². The summed E-state index contributed by atoms with van der Waals surface area (Å²) in [4.78, 5) is 2.06. The van der Waals surface area contributed by atoms with E-state index >= 15 is 0 Å². The van der Waals surface area contributed by atoms with Crippen molar-refractivity contribution in [3.63, 3.8) is 0 Å². The van der Waals surface area contributed by atoms with Crippen molar-refractivity contribution in [1.29, 1.82) is 0 Å². The van der Waals surface area contributed by atoms with E-state index in [4.69, 9.17) is 4.74 Å². The molecule has 0 bridgehead atoms. The van der Waals surface area contributed by atoms with Crippen LogP contribution in [-0.4, -0.2) is 45.3 Å². The van der Waals surface area contributed by atoms with E-state index in [0.717, 1.165) is 19.2 Å². The summed E-state index contributed by atoms with van der Waals surface area (Å²) in [5, 5.41) is 3.04. The van der Waals surface area contributed by atoms with Gasteiger partial charge in [-0.25, -0.2) is 0 Å². The Morgan fingerprint density at radius 2 is 1.90 bits per heavy atom. The van der Waals surface area contributed by atoms with Crippen molar-refractivity contribution in [2.45, 2.75) is 12.7 Å². The van der Waals surface area contributed by atoms with Gasteiger partial charge in [0.2, 0.25) is 0 Å². The zero-order chi connectivity index (χ0) is 15.0. The molecule has 0 unspecified atom stereocenters. The van der Waals surface area contributed by atoms with Crippen molar-refractivity contribution >= 4 is 0 Å². The van der Waals surface area contributed by atoms with Gasteiger partial charge in [-0.05, 0) is 18.7 Å². The molecule has 6 heteroatoms. The lowest BCUT2D eigenvalue weighted by atomic mass is 10.1. The van der Waals surface area contributed by atoms with Crippen molar-refractivity contribution in [3.8, 4) is 0 Å². The Bertz CT molecular complexity index is 396. The highest BCUT2D eigenvalue weighted by Crippen LogP contribution is 2.31. The molecule has 0 saturated carbocycles. The molecule has 1 rings (SSSR count). The Labute approximate surface area is 117 Å². The number of alkyl halides is 3. The Morgan fingerprint density at radius 3 is 2.55 bits per heavy atom. The topological polar surface area (TPSA) is 24.5 Å². The highest BCUT2D eigenvalue weighted by molar-refractivity contribution is 5.29. The zero-order valence-electron chi connectivity index (χ0n) is 11.8. The number of methoxy groups -OCH3 is 1. The fourth-order valence-electron chi connectivity index (χ4n) is 1.80. The van der Waals surface area contributed by atoms with Crippen LogP contribution in [0.5, 0.6) is 0 Å². The van der Waals surface area contributed by atoms with E-state index in [9.17, 15) is 13.2 Å². The minimum Gasteiger partial charge on any atom is -0.383 e. The van der Waals surface area contributed by atoms with E-state index in [0.29, 0.717) is 13.2 Å². The summed E-state index contributed by atoms with van der Waals surface area (Å²) in [5.41, 5.74) is -0.292. The van der Waals surface area contributed by atoms with Crippen LogP contribution in [-0.2, 0) is 17.5 Å². The van der Waals surface area contributed by atoms with Gasteiger partial charge in [0, 0.05) is 33.3 Å². The normalized spacial score (nSPS) is 12.1. The predicted octanol–water partition coefficient (Wildman–Crippen LogP) is 2.37. The summed E-state index contributed by atoms with van der Waals surface area (Å²) >= 11 is 0. The lowest BCUT2D eigenvalue weighted by Crippen LogP contribution is -2.31. The number of ether oxygens (including phenoxy) is 1. The first-order valence-corrected chi connectivity index (χ1v) is 6.48. The van der Waals surface area contributed by atoms with Gasteiger partial charge in [-0.2, -0.15) is 13.2 Å². The molecule has 0 amide bonds. The molecular formula is C14H21F3N2O. The van der Waals surface area contributed by atoms with E-state index in [1.165, 1.54) is 12.1 Å². The van der Waals surface area contributed by atoms with Gasteiger partial charge >= 0.3 is 6.18 Å². The first-order chi connectivity index (χ1) is 9.45. The number of halogens is 3. The number of likely N-dealkylation sites (N-methyl/N-ethyl adjacent to an activating group) is 1. The van der Waals surface area contributed by atoms with Crippen molar-refractivity contribution in [2.75, 3.05) is 40.4 Å². The molecule has 1 aromatic carbocycles. The van der Waals surface area contributed by atoms with Crippen LogP contribution in [0.1, 0.15) is 11.1 Å². The molecule has 20 heavy (non-hydrogen) atoms. The Hall–Kier alpha value is -1.11. The summed E-state index contributed by atoms with van der Waals surface area (Å²) < 4.78 is 43.3. The van der Waals surface area contributed by atoms with Crippen LogP contribution in [0.15, 0.2) is 24.3 Å². The average molecular weight is 290 g/mol. The Morgan fingerprint density at radius 1 is 1.20 bits per heavy atom. The molecule has 0 spiro atoms. The van der Waals surface area contributed by atoms with E-state index in [2.05, 4.69) is 10.2 Å². The molecule has 0 aliphatic heterocycles. The van der Waals surface area contributed by atoms with Gasteiger partial charge in [-0.15, -0.1) is 0 Å². The molecule has 0 aliphatic carbocycles. The highest BCUT2D eigenvalue weighted by atomic mass is 19.4. The molecule has 0 fully saturated rings. The molecule has 0 saturated heterocycles. The Kier molecular flexibility index (Phi) is 6.98. The number of rotatable bonds is 8. The van der Waals surface area contributed by atoms with Gasteiger partial charge in [0.15, 0.2) is 0 Å². The zero-order valence-corrected chi connectivity index (χ0v) is 11.8. The first-order valence-electron chi connectivity index (χ1n) is 6.48. The fraction of sp³-hybridized carbons (Fsp3) is 0.571. The van der Waals surface area contributed by atoms with Crippen LogP contribution in [0.4, 0.5) is 13.2 Å². The Balaban J connectivity index is 2.39. The average Bonchev–Trinajstić information content (AvgIpc) is 2.40. The van der Waals surface area contributed by atoms with Gasteiger partial charge < -0.3 is 15.0 Å².